The summed E-state index contributed by atoms with van der Waals surface area (Å²) >= 11 is 0. The molecule has 0 saturated carbocycles. The fraction of sp³-hybridized carbons (Fsp3) is 0.533. The number of hydrogen-bond acceptors (Lipinski definition) is 6. The molecule has 4 atom stereocenters. The quantitative estimate of drug-likeness (QED) is 0.789. The number of alkyl halides is 1. The third kappa shape index (κ3) is 4.01. The highest BCUT2D eigenvalue weighted by atomic mass is 19.1. The molecule has 122 valence electrons. The van der Waals surface area contributed by atoms with Gasteiger partial charge in [0.1, 0.15) is 18.8 Å². The third-order valence-corrected chi connectivity index (χ3v) is 3.18. The van der Waals surface area contributed by atoms with Crippen molar-refractivity contribution in [1.82, 2.24) is 0 Å². The first-order valence-corrected chi connectivity index (χ1v) is 6.88. The maximum absolute atomic E-state index is 14.1. The summed E-state index contributed by atoms with van der Waals surface area (Å²) in [6.07, 6.45) is -6.44. The summed E-state index contributed by atoms with van der Waals surface area (Å²) in [5.41, 5.74) is 0.298. The molecule has 22 heavy (non-hydrogen) atoms. The van der Waals surface area contributed by atoms with Gasteiger partial charge in [-0.15, -0.1) is 0 Å². The lowest BCUT2D eigenvalue weighted by atomic mass is 10.1. The Kier molecular flexibility index (Phi) is 5.12. The van der Waals surface area contributed by atoms with Crippen LogP contribution in [0.15, 0.2) is 30.3 Å². The lowest BCUT2D eigenvalue weighted by molar-refractivity contribution is -0.175. The van der Waals surface area contributed by atoms with Crippen LogP contribution in [0.1, 0.15) is 24.2 Å². The summed E-state index contributed by atoms with van der Waals surface area (Å²) < 4.78 is 29.2. The van der Waals surface area contributed by atoms with Gasteiger partial charge in [0, 0.05) is 0 Å². The van der Waals surface area contributed by atoms with E-state index in [2.05, 4.69) is 0 Å². The van der Waals surface area contributed by atoms with E-state index in [9.17, 15) is 19.4 Å². The van der Waals surface area contributed by atoms with E-state index in [-0.39, 0.29) is 0 Å². The van der Waals surface area contributed by atoms with Crippen molar-refractivity contribution in [2.75, 3.05) is 6.61 Å². The Labute approximate surface area is 127 Å². The van der Waals surface area contributed by atoms with E-state index < -0.39 is 43.0 Å². The van der Waals surface area contributed by atoms with Gasteiger partial charge in [-0.3, -0.25) is 0 Å². The fourth-order valence-corrected chi connectivity index (χ4v) is 2.12. The predicted octanol–water partition coefficient (Wildman–Crippen LogP) is 1.01. The number of rotatable bonds is 5. The second-order valence-electron chi connectivity index (χ2n) is 5.47. The SMILES string of the molecule is CC1(C)O[C@H]([C@@H](F)[C@H](O)COC(=O)c2ccccc2)[C@H](O)O1. The molecule has 1 heterocycles. The molecule has 2 rings (SSSR count). The van der Waals surface area contributed by atoms with E-state index in [4.69, 9.17) is 14.2 Å². The van der Waals surface area contributed by atoms with Crippen molar-refractivity contribution in [3.8, 4) is 0 Å². The first kappa shape index (κ1) is 16.8. The van der Waals surface area contributed by atoms with Gasteiger partial charge in [0.25, 0.3) is 0 Å². The number of carbonyl (C=O) groups is 1. The van der Waals surface area contributed by atoms with Crippen molar-refractivity contribution in [2.24, 2.45) is 0 Å². The van der Waals surface area contributed by atoms with Crippen LogP contribution >= 0.6 is 0 Å². The first-order chi connectivity index (χ1) is 10.3. The molecule has 2 N–H and O–H groups in total. The zero-order valence-corrected chi connectivity index (χ0v) is 12.3. The monoisotopic (exact) mass is 314 g/mol. The minimum absolute atomic E-state index is 0.298. The summed E-state index contributed by atoms with van der Waals surface area (Å²) in [5.74, 6) is -1.81. The number of benzene rings is 1. The van der Waals surface area contributed by atoms with Crippen molar-refractivity contribution in [2.45, 2.75) is 44.3 Å². The highest BCUT2D eigenvalue weighted by molar-refractivity contribution is 5.89. The Morgan fingerprint density at radius 2 is 2.00 bits per heavy atom. The van der Waals surface area contributed by atoms with Crippen LogP contribution in [0.3, 0.4) is 0 Å². The average Bonchev–Trinajstić information content (AvgIpc) is 2.77. The molecule has 7 heteroatoms. The van der Waals surface area contributed by atoms with Gasteiger partial charge >= 0.3 is 5.97 Å². The Morgan fingerprint density at radius 1 is 1.36 bits per heavy atom. The van der Waals surface area contributed by atoms with E-state index in [1.54, 1.807) is 30.3 Å². The molecule has 0 bridgehead atoms. The summed E-state index contributed by atoms with van der Waals surface area (Å²) in [6, 6.07) is 8.15. The summed E-state index contributed by atoms with van der Waals surface area (Å²) in [7, 11) is 0. The van der Waals surface area contributed by atoms with Gasteiger partial charge < -0.3 is 24.4 Å². The van der Waals surface area contributed by atoms with Crippen LogP contribution in [0.25, 0.3) is 0 Å². The number of ether oxygens (including phenoxy) is 3. The molecule has 0 amide bonds. The molecule has 1 aromatic carbocycles. The maximum atomic E-state index is 14.1. The Bertz CT molecular complexity index is 506. The molecule has 0 aliphatic carbocycles. The number of aliphatic hydroxyl groups excluding tert-OH is 2. The van der Waals surface area contributed by atoms with E-state index in [1.165, 1.54) is 13.8 Å². The zero-order chi connectivity index (χ0) is 16.3. The normalized spacial score (nSPS) is 26.4. The number of halogens is 1. The molecule has 0 radical (unpaired) electrons. The number of aliphatic hydroxyl groups is 2. The van der Waals surface area contributed by atoms with Crippen LogP contribution in [0, 0.1) is 0 Å². The number of hydrogen-bond donors (Lipinski definition) is 2. The van der Waals surface area contributed by atoms with Gasteiger partial charge in [-0.2, -0.15) is 0 Å². The molecular formula is C15H19FO6. The van der Waals surface area contributed by atoms with Crippen molar-refractivity contribution < 1.29 is 33.6 Å². The first-order valence-electron chi connectivity index (χ1n) is 6.88. The van der Waals surface area contributed by atoms with Gasteiger partial charge in [0.15, 0.2) is 18.2 Å². The smallest absolute Gasteiger partial charge is 0.338 e. The van der Waals surface area contributed by atoms with E-state index in [0.29, 0.717) is 5.56 Å². The summed E-state index contributed by atoms with van der Waals surface area (Å²) in [6.45, 7) is 2.48. The van der Waals surface area contributed by atoms with Crippen molar-refractivity contribution >= 4 is 5.97 Å². The molecule has 1 aliphatic rings. The van der Waals surface area contributed by atoms with Gasteiger partial charge in [0.2, 0.25) is 0 Å². The molecule has 1 aromatic rings. The van der Waals surface area contributed by atoms with Crippen LogP contribution < -0.4 is 0 Å². The predicted molar refractivity (Wildman–Crippen MR) is 73.7 cm³/mol. The summed E-state index contributed by atoms with van der Waals surface area (Å²) in [5, 5.41) is 19.4. The fourth-order valence-electron chi connectivity index (χ4n) is 2.12. The van der Waals surface area contributed by atoms with Gasteiger partial charge in [0.05, 0.1) is 5.56 Å². The topological polar surface area (TPSA) is 85.2 Å². The highest BCUT2D eigenvalue weighted by Gasteiger charge is 2.47. The molecule has 0 aromatic heterocycles. The molecule has 0 spiro atoms. The zero-order valence-electron chi connectivity index (χ0n) is 12.3. The molecule has 1 aliphatic heterocycles. The van der Waals surface area contributed by atoms with Crippen LogP contribution in [0.2, 0.25) is 0 Å². The van der Waals surface area contributed by atoms with Crippen LogP contribution in [-0.4, -0.2) is 53.2 Å². The van der Waals surface area contributed by atoms with E-state index in [1.807, 2.05) is 0 Å². The van der Waals surface area contributed by atoms with E-state index >= 15 is 0 Å². The lowest BCUT2D eigenvalue weighted by Crippen LogP contribution is -2.42. The van der Waals surface area contributed by atoms with Crippen LogP contribution in [-0.2, 0) is 14.2 Å². The van der Waals surface area contributed by atoms with Gasteiger partial charge in [-0.1, -0.05) is 18.2 Å². The minimum atomic E-state index is -1.96. The molecule has 1 fully saturated rings. The molecule has 0 unspecified atom stereocenters. The van der Waals surface area contributed by atoms with E-state index in [0.717, 1.165) is 0 Å². The highest BCUT2D eigenvalue weighted by Crippen LogP contribution is 2.30. The minimum Gasteiger partial charge on any atom is -0.459 e. The van der Waals surface area contributed by atoms with Crippen LogP contribution in [0.4, 0.5) is 4.39 Å². The largest absolute Gasteiger partial charge is 0.459 e. The molecule has 6 nitrogen and oxygen atoms in total. The number of esters is 1. The number of carbonyl (C=O) groups excluding carboxylic acids is 1. The van der Waals surface area contributed by atoms with Crippen molar-refractivity contribution in [1.29, 1.82) is 0 Å². The standard InChI is InChI=1S/C15H19FO6/c1-15(2)21-12(14(19)22-15)11(16)10(17)8-20-13(18)9-6-4-3-5-7-9/h3-7,10-12,14,17,19H,8H2,1-2H3/t10-,11+,12-,14-/m1/s1. The maximum Gasteiger partial charge on any atom is 0.338 e. The van der Waals surface area contributed by atoms with Gasteiger partial charge in [-0.25, -0.2) is 9.18 Å². The van der Waals surface area contributed by atoms with Crippen LogP contribution in [0.5, 0.6) is 0 Å². The van der Waals surface area contributed by atoms with Gasteiger partial charge in [-0.05, 0) is 26.0 Å². The third-order valence-electron chi connectivity index (χ3n) is 3.18. The lowest BCUT2D eigenvalue weighted by Gasteiger charge is -2.22. The Balaban J connectivity index is 1.87. The second-order valence-corrected chi connectivity index (χ2v) is 5.47. The molecule has 1 saturated heterocycles. The molecular weight excluding hydrogens is 295 g/mol. The summed E-state index contributed by atoms with van der Waals surface area (Å²) in [4.78, 5) is 11.7. The van der Waals surface area contributed by atoms with Crippen molar-refractivity contribution in [3.05, 3.63) is 35.9 Å². The Morgan fingerprint density at radius 3 is 2.55 bits per heavy atom. The average molecular weight is 314 g/mol. The second kappa shape index (κ2) is 6.70. The van der Waals surface area contributed by atoms with Crippen molar-refractivity contribution in [3.63, 3.8) is 0 Å². The Hall–Kier alpha value is -1.54.